The number of aliphatic hydroxyl groups is 2. The molecule has 10 nitrogen and oxygen atoms in total. The number of aliphatic hydroxyl groups excluding tert-OH is 2. The molecule has 2 heterocycles. The van der Waals surface area contributed by atoms with Gasteiger partial charge in [-0.25, -0.2) is 4.79 Å². The van der Waals surface area contributed by atoms with Crippen LogP contribution >= 0.6 is 11.6 Å². The summed E-state index contributed by atoms with van der Waals surface area (Å²) in [6, 6.07) is 1.06. The van der Waals surface area contributed by atoms with Crippen molar-refractivity contribution in [3.05, 3.63) is 43.5 Å². The largest absolute Gasteiger partial charge is 0.393 e. The molecule has 11 heteroatoms. The fraction of sp³-hybridized carbons (Fsp3) is 0.556. The summed E-state index contributed by atoms with van der Waals surface area (Å²) in [7, 11) is 0. The second-order valence-corrected chi connectivity index (χ2v) is 4.61. The second-order valence-electron chi connectivity index (χ2n) is 4.11. The lowest BCUT2D eigenvalue weighted by molar-refractivity contribution is -0.124. The van der Waals surface area contributed by atoms with Crippen molar-refractivity contribution < 1.29 is 14.9 Å². The topological polar surface area (TPSA) is 153 Å². The Hall–Kier alpha value is -1.84. The van der Waals surface area contributed by atoms with Gasteiger partial charge in [0.25, 0.3) is 5.56 Å². The minimum absolute atomic E-state index is 0.612. The van der Waals surface area contributed by atoms with Gasteiger partial charge in [0.2, 0.25) is 0 Å². The maximum absolute atomic E-state index is 11.7. The molecule has 20 heavy (non-hydrogen) atoms. The molecule has 0 aliphatic carbocycles. The van der Waals surface area contributed by atoms with Gasteiger partial charge < -0.3 is 14.9 Å². The van der Waals surface area contributed by atoms with E-state index in [9.17, 15) is 19.8 Å². The third kappa shape index (κ3) is 2.19. The van der Waals surface area contributed by atoms with Crippen LogP contribution in [0.1, 0.15) is 6.23 Å². The first-order valence-electron chi connectivity index (χ1n) is 5.44. The lowest BCUT2D eigenvalue weighted by Gasteiger charge is -2.23. The smallest absolute Gasteiger partial charge is 0.330 e. The molecule has 1 aliphatic heterocycles. The van der Waals surface area contributed by atoms with Crippen LogP contribution in [-0.2, 0) is 4.74 Å². The van der Waals surface area contributed by atoms with Crippen molar-refractivity contribution in [2.45, 2.75) is 23.4 Å². The number of aromatic amines is 1. The summed E-state index contributed by atoms with van der Waals surface area (Å²) < 4.78 is 6.18. The van der Waals surface area contributed by atoms with Crippen molar-refractivity contribution in [3.8, 4) is 0 Å². The summed E-state index contributed by atoms with van der Waals surface area (Å²) in [5, 5.41) is 21.3. The molecule has 0 unspecified atom stereocenters. The van der Waals surface area contributed by atoms with Crippen LogP contribution in [0.4, 0.5) is 0 Å². The normalized spacial score (nSPS) is 32.9. The van der Waals surface area contributed by atoms with E-state index in [1.54, 1.807) is 0 Å². The monoisotopic (exact) mass is 303 g/mol. The number of hydrogen-bond acceptors (Lipinski definition) is 6. The molecule has 2 rings (SSSR count). The van der Waals surface area contributed by atoms with E-state index in [4.69, 9.17) is 21.9 Å². The number of nitrogens with one attached hydrogen (secondary N) is 1. The van der Waals surface area contributed by atoms with Gasteiger partial charge in [-0.15, -0.1) is 11.6 Å². The van der Waals surface area contributed by atoms with E-state index in [1.165, 1.54) is 0 Å². The molecule has 0 saturated carbocycles. The van der Waals surface area contributed by atoms with E-state index in [0.717, 1.165) is 16.8 Å². The number of H-pyrrole nitrogens is 1. The van der Waals surface area contributed by atoms with Crippen LogP contribution in [0.5, 0.6) is 0 Å². The van der Waals surface area contributed by atoms with Gasteiger partial charge in [-0.2, -0.15) is 0 Å². The van der Waals surface area contributed by atoms with Crippen molar-refractivity contribution in [2.75, 3.05) is 6.61 Å². The number of hydrogen-bond donors (Lipinski definition) is 3. The second kappa shape index (κ2) is 5.27. The SMILES string of the molecule is [N-]=[N+]=N[C@]1(CO)O[C@@H](n2ccc(=O)[nH]c2=O)[C@H](Cl)[C@@H]1O. The van der Waals surface area contributed by atoms with E-state index < -0.39 is 41.3 Å². The van der Waals surface area contributed by atoms with Crippen molar-refractivity contribution in [3.63, 3.8) is 0 Å². The molecule has 0 radical (unpaired) electrons. The lowest BCUT2D eigenvalue weighted by atomic mass is 10.1. The lowest BCUT2D eigenvalue weighted by Crippen LogP contribution is -2.43. The van der Waals surface area contributed by atoms with Gasteiger partial charge in [-0.1, -0.05) is 5.11 Å². The summed E-state index contributed by atoms with van der Waals surface area (Å²) >= 11 is 5.95. The van der Waals surface area contributed by atoms with E-state index in [-0.39, 0.29) is 0 Å². The summed E-state index contributed by atoms with van der Waals surface area (Å²) in [4.78, 5) is 27.1. The number of nitrogens with zero attached hydrogens (tertiary/aromatic N) is 4. The molecule has 4 atom stereocenters. The van der Waals surface area contributed by atoms with E-state index in [2.05, 4.69) is 10.0 Å². The van der Waals surface area contributed by atoms with Crippen molar-refractivity contribution >= 4 is 11.6 Å². The Morgan fingerprint density at radius 1 is 1.65 bits per heavy atom. The first-order chi connectivity index (χ1) is 9.45. The molecule has 0 amide bonds. The number of halogens is 1. The van der Waals surface area contributed by atoms with Crippen LogP contribution in [0.2, 0.25) is 0 Å². The minimum Gasteiger partial charge on any atom is -0.393 e. The zero-order valence-electron chi connectivity index (χ0n) is 9.88. The molecular formula is C9H10ClN5O5. The average molecular weight is 304 g/mol. The Morgan fingerprint density at radius 3 is 2.90 bits per heavy atom. The summed E-state index contributed by atoms with van der Waals surface area (Å²) in [5.41, 5.74) is 5.07. The Balaban J connectivity index is 2.47. The van der Waals surface area contributed by atoms with Gasteiger partial charge in [-0.05, 0) is 5.53 Å². The highest BCUT2D eigenvalue weighted by molar-refractivity contribution is 6.21. The van der Waals surface area contributed by atoms with Crippen molar-refractivity contribution in [2.24, 2.45) is 5.11 Å². The van der Waals surface area contributed by atoms with Crippen LogP contribution in [0, 0.1) is 0 Å². The highest BCUT2D eigenvalue weighted by Gasteiger charge is 2.54. The predicted molar refractivity (Wildman–Crippen MR) is 66.1 cm³/mol. The van der Waals surface area contributed by atoms with Crippen molar-refractivity contribution in [1.29, 1.82) is 0 Å². The molecule has 1 aliphatic rings. The van der Waals surface area contributed by atoms with Crippen LogP contribution in [0.15, 0.2) is 27.0 Å². The third-order valence-electron chi connectivity index (χ3n) is 2.93. The first kappa shape index (κ1) is 14.6. The van der Waals surface area contributed by atoms with Crippen molar-refractivity contribution in [1.82, 2.24) is 9.55 Å². The predicted octanol–water partition coefficient (Wildman–Crippen LogP) is -0.967. The molecule has 1 saturated heterocycles. The minimum atomic E-state index is -1.98. The molecule has 1 aromatic rings. The fourth-order valence-electron chi connectivity index (χ4n) is 1.91. The third-order valence-corrected chi connectivity index (χ3v) is 3.38. The molecule has 0 spiro atoms. The highest BCUT2D eigenvalue weighted by Crippen LogP contribution is 2.40. The molecule has 3 N–H and O–H groups in total. The Bertz CT molecular complexity index is 667. The Labute approximate surface area is 115 Å². The van der Waals surface area contributed by atoms with E-state index in [0.29, 0.717) is 0 Å². The molecule has 1 fully saturated rings. The Kier molecular flexibility index (Phi) is 3.84. The van der Waals surface area contributed by atoms with Gasteiger partial charge in [0.05, 0.1) is 6.61 Å². The molecular weight excluding hydrogens is 294 g/mol. The van der Waals surface area contributed by atoms with Gasteiger partial charge in [0.1, 0.15) is 11.5 Å². The highest BCUT2D eigenvalue weighted by atomic mass is 35.5. The number of ether oxygens (including phenoxy) is 1. The Morgan fingerprint density at radius 2 is 2.35 bits per heavy atom. The molecule has 0 aromatic carbocycles. The molecule has 1 aromatic heterocycles. The zero-order chi connectivity index (χ0) is 14.9. The van der Waals surface area contributed by atoms with Crippen LogP contribution < -0.4 is 11.2 Å². The van der Waals surface area contributed by atoms with Crippen LogP contribution in [0.25, 0.3) is 10.4 Å². The summed E-state index contributed by atoms with van der Waals surface area (Å²) in [6.07, 6.45) is -1.63. The number of rotatable bonds is 3. The maximum atomic E-state index is 11.7. The number of azide groups is 1. The fourth-order valence-corrected chi connectivity index (χ4v) is 2.28. The van der Waals surface area contributed by atoms with E-state index >= 15 is 0 Å². The van der Waals surface area contributed by atoms with Crippen LogP contribution in [-0.4, -0.2) is 43.6 Å². The van der Waals surface area contributed by atoms with E-state index in [1.807, 2.05) is 4.98 Å². The van der Waals surface area contributed by atoms with Gasteiger partial charge >= 0.3 is 5.69 Å². The molecule has 108 valence electrons. The maximum Gasteiger partial charge on any atom is 0.330 e. The van der Waals surface area contributed by atoms with Gasteiger partial charge in [-0.3, -0.25) is 14.3 Å². The summed E-state index contributed by atoms with van der Waals surface area (Å²) in [5.74, 6) is 0. The summed E-state index contributed by atoms with van der Waals surface area (Å²) in [6.45, 7) is -0.823. The number of aromatic nitrogens is 2. The van der Waals surface area contributed by atoms with Crippen LogP contribution in [0.3, 0.4) is 0 Å². The number of alkyl halides is 1. The standard InChI is InChI=1S/C9H10ClN5O5/c10-5-6(18)9(3-16,13-14-11)20-7(5)15-2-1-4(17)12-8(15)19/h1-2,5-7,16,18H,3H2,(H,12,17,19)/t5-,6+,7-,9-/m1/s1. The van der Waals surface area contributed by atoms with Gasteiger partial charge in [0, 0.05) is 17.2 Å². The zero-order valence-corrected chi connectivity index (χ0v) is 10.6. The first-order valence-corrected chi connectivity index (χ1v) is 5.87. The average Bonchev–Trinajstić information content (AvgIpc) is 2.65. The quantitative estimate of drug-likeness (QED) is 0.284. The molecule has 0 bridgehead atoms. The van der Waals surface area contributed by atoms with Gasteiger partial charge in [0.15, 0.2) is 12.0 Å².